The zero-order chi connectivity index (χ0) is 12.5. The number of carbonyl (C=O) groups excluding carboxylic acids is 1. The van der Waals surface area contributed by atoms with Gasteiger partial charge in [0.15, 0.2) is 17.3 Å². The minimum absolute atomic E-state index is 0.00949. The number of hydrogen-bond acceptors (Lipinski definition) is 5. The molecule has 1 saturated heterocycles. The summed E-state index contributed by atoms with van der Waals surface area (Å²) in [6.07, 6.45) is -0.399. The van der Waals surface area contributed by atoms with Crippen LogP contribution in [0.1, 0.15) is 16.2 Å². The van der Waals surface area contributed by atoms with E-state index in [1.807, 2.05) is 0 Å². The summed E-state index contributed by atoms with van der Waals surface area (Å²) in [6, 6.07) is 5.29. The Morgan fingerprint density at radius 1 is 1.50 bits per heavy atom. The van der Waals surface area contributed by atoms with Crippen molar-refractivity contribution < 1.29 is 13.9 Å². The smallest absolute Gasteiger partial charge is 0.192 e. The van der Waals surface area contributed by atoms with Crippen LogP contribution in [0.5, 0.6) is 0 Å². The molecule has 2 aromatic rings. The van der Waals surface area contributed by atoms with Gasteiger partial charge in [-0.25, -0.2) is 4.98 Å². The number of aromatic nitrogens is 1. The van der Waals surface area contributed by atoms with Crippen molar-refractivity contribution in [1.82, 2.24) is 10.3 Å². The summed E-state index contributed by atoms with van der Waals surface area (Å²) in [4.78, 5) is 16.5. The Balaban J connectivity index is 1.90. The van der Waals surface area contributed by atoms with Crippen LogP contribution in [-0.4, -0.2) is 36.6 Å². The van der Waals surface area contributed by atoms with Crippen molar-refractivity contribution >= 4 is 16.9 Å². The van der Waals surface area contributed by atoms with Gasteiger partial charge in [-0.05, 0) is 18.2 Å². The Bertz CT molecular complexity index is 585. The van der Waals surface area contributed by atoms with E-state index in [1.54, 1.807) is 25.1 Å². The van der Waals surface area contributed by atoms with E-state index in [4.69, 9.17) is 9.15 Å². The highest BCUT2D eigenvalue weighted by Gasteiger charge is 2.23. The fourth-order valence-corrected chi connectivity index (χ4v) is 2.12. The second-order valence-corrected chi connectivity index (χ2v) is 4.34. The van der Waals surface area contributed by atoms with E-state index >= 15 is 0 Å². The molecule has 1 aliphatic rings. The highest BCUT2D eigenvalue weighted by atomic mass is 16.5. The van der Waals surface area contributed by atoms with Crippen LogP contribution < -0.4 is 5.32 Å². The highest BCUT2D eigenvalue weighted by molar-refractivity contribution is 6.01. The van der Waals surface area contributed by atoms with E-state index in [-0.39, 0.29) is 5.78 Å². The van der Waals surface area contributed by atoms with E-state index in [0.29, 0.717) is 35.7 Å². The molecule has 1 atom stereocenters. The number of ether oxygens (including phenoxy) is 1. The largest absolute Gasteiger partial charge is 0.441 e. The Morgan fingerprint density at radius 3 is 3.17 bits per heavy atom. The molecule has 5 heteroatoms. The zero-order valence-electron chi connectivity index (χ0n) is 10.1. The number of nitrogens with one attached hydrogen (secondary N) is 1. The van der Waals surface area contributed by atoms with Gasteiger partial charge in [0.2, 0.25) is 0 Å². The lowest BCUT2D eigenvalue weighted by atomic mass is 10.0. The van der Waals surface area contributed by atoms with Gasteiger partial charge in [0, 0.05) is 25.6 Å². The lowest BCUT2D eigenvalue weighted by Crippen LogP contribution is -2.43. The second-order valence-electron chi connectivity index (χ2n) is 4.34. The summed E-state index contributed by atoms with van der Waals surface area (Å²) in [7, 11) is 0. The summed E-state index contributed by atoms with van der Waals surface area (Å²) in [5, 5.41) is 3.15. The van der Waals surface area contributed by atoms with Gasteiger partial charge in [0.05, 0.1) is 6.61 Å². The summed E-state index contributed by atoms with van der Waals surface area (Å²) < 4.78 is 10.8. The number of benzene rings is 1. The van der Waals surface area contributed by atoms with E-state index in [9.17, 15) is 4.79 Å². The number of morpholine rings is 1. The Labute approximate surface area is 104 Å². The number of rotatable bonds is 2. The molecule has 0 radical (unpaired) electrons. The normalized spacial score (nSPS) is 20.2. The average Bonchev–Trinajstić information content (AvgIpc) is 2.78. The van der Waals surface area contributed by atoms with Gasteiger partial charge in [-0.2, -0.15) is 0 Å². The lowest BCUT2D eigenvalue weighted by molar-refractivity contribution is 0.0269. The molecule has 18 heavy (non-hydrogen) atoms. The first-order valence-corrected chi connectivity index (χ1v) is 5.98. The molecule has 0 bridgehead atoms. The van der Waals surface area contributed by atoms with Crippen LogP contribution in [0.3, 0.4) is 0 Å². The quantitative estimate of drug-likeness (QED) is 0.809. The van der Waals surface area contributed by atoms with Gasteiger partial charge >= 0.3 is 0 Å². The molecule has 0 amide bonds. The summed E-state index contributed by atoms with van der Waals surface area (Å²) in [5.74, 6) is 0.593. The molecule has 94 valence electrons. The number of carbonyl (C=O) groups is 1. The maximum atomic E-state index is 12.2. The van der Waals surface area contributed by atoms with E-state index in [2.05, 4.69) is 10.3 Å². The molecule has 1 aromatic heterocycles. The molecule has 2 heterocycles. The number of Topliss-reactive ketones (excluding diaryl/α,β-unsaturated/α-hetero) is 1. The molecule has 1 fully saturated rings. The third kappa shape index (κ3) is 2.02. The standard InChI is InChI=1S/C13H14N2O3/c1-8-15-10-6-9(2-3-11(10)18-8)13(16)12-7-14-4-5-17-12/h2-3,6,12,14H,4-5,7H2,1H3. The van der Waals surface area contributed by atoms with E-state index in [1.165, 1.54) is 0 Å². The number of oxazole rings is 1. The molecular weight excluding hydrogens is 232 g/mol. The van der Waals surface area contributed by atoms with Crippen molar-refractivity contribution in [2.24, 2.45) is 0 Å². The fraction of sp³-hybridized carbons (Fsp3) is 0.385. The van der Waals surface area contributed by atoms with Crippen molar-refractivity contribution in [3.05, 3.63) is 29.7 Å². The Hall–Kier alpha value is -1.72. The van der Waals surface area contributed by atoms with Crippen molar-refractivity contribution in [1.29, 1.82) is 0 Å². The number of nitrogens with zero attached hydrogens (tertiary/aromatic N) is 1. The van der Waals surface area contributed by atoms with Crippen LogP contribution in [0, 0.1) is 6.92 Å². The predicted molar refractivity (Wildman–Crippen MR) is 65.7 cm³/mol. The Morgan fingerprint density at radius 2 is 2.39 bits per heavy atom. The van der Waals surface area contributed by atoms with Crippen LogP contribution in [0.15, 0.2) is 22.6 Å². The van der Waals surface area contributed by atoms with E-state index in [0.717, 1.165) is 6.54 Å². The number of ketones is 1. The molecule has 1 N–H and O–H groups in total. The molecule has 0 spiro atoms. The summed E-state index contributed by atoms with van der Waals surface area (Å²) in [6.45, 7) is 3.72. The number of aryl methyl sites for hydroxylation is 1. The minimum atomic E-state index is -0.399. The first-order valence-electron chi connectivity index (χ1n) is 5.98. The van der Waals surface area contributed by atoms with Gasteiger partial charge in [-0.15, -0.1) is 0 Å². The maximum Gasteiger partial charge on any atom is 0.192 e. The topological polar surface area (TPSA) is 64.4 Å². The highest BCUT2D eigenvalue weighted by Crippen LogP contribution is 2.18. The molecule has 1 aromatic carbocycles. The molecule has 5 nitrogen and oxygen atoms in total. The minimum Gasteiger partial charge on any atom is -0.441 e. The fourth-order valence-electron chi connectivity index (χ4n) is 2.12. The third-order valence-electron chi connectivity index (χ3n) is 3.00. The maximum absolute atomic E-state index is 12.2. The predicted octanol–water partition coefficient (Wildman–Crippen LogP) is 1.31. The second kappa shape index (κ2) is 4.51. The van der Waals surface area contributed by atoms with Gasteiger partial charge < -0.3 is 14.5 Å². The van der Waals surface area contributed by atoms with Gasteiger partial charge in [-0.1, -0.05) is 0 Å². The lowest BCUT2D eigenvalue weighted by Gasteiger charge is -2.22. The zero-order valence-corrected chi connectivity index (χ0v) is 10.1. The molecule has 0 saturated carbocycles. The van der Waals surface area contributed by atoms with E-state index < -0.39 is 6.10 Å². The van der Waals surface area contributed by atoms with Gasteiger partial charge in [0.1, 0.15) is 11.6 Å². The van der Waals surface area contributed by atoms with Crippen molar-refractivity contribution in [2.75, 3.05) is 19.7 Å². The van der Waals surface area contributed by atoms with Crippen LogP contribution in [0.2, 0.25) is 0 Å². The molecule has 1 unspecified atom stereocenters. The van der Waals surface area contributed by atoms with Crippen molar-refractivity contribution in [3.8, 4) is 0 Å². The molecule has 3 rings (SSSR count). The van der Waals surface area contributed by atoms with Gasteiger partial charge in [-0.3, -0.25) is 4.79 Å². The summed E-state index contributed by atoms with van der Waals surface area (Å²) >= 11 is 0. The average molecular weight is 246 g/mol. The monoisotopic (exact) mass is 246 g/mol. The first kappa shape index (κ1) is 11.4. The first-order chi connectivity index (χ1) is 8.74. The van der Waals surface area contributed by atoms with Crippen LogP contribution in [0.25, 0.3) is 11.1 Å². The SMILES string of the molecule is Cc1nc2cc(C(=O)C3CNCCO3)ccc2o1. The van der Waals surface area contributed by atoms with Crippen LogP contribution in [-0.2, 0) is 4.74 Å². The van der Waals surface area contributed by atoms with Crippen LogP contribution >= 0.6 is 0 Å². The number of hydrogen-bond donors (Lipinski definition) is 1. The summed E-state index contributed by atoms with van der Waals surface area (Å²) in [5.41, 5.74) is 2.03. The number of fused-ring (bicyclic) bond motifs is 1. The third-order valence-corrected chi connectivity index (χ3v) is 3.00. The molecule has 0 aliphatic carbocycles. The Kier molecular flexibility index (Phi) is 2.85. The van der Waals surface area contributed by atoms with Gasteiger partial charge in [0.25, 0.3) is 0 Å². The molecular formula is C13H14N2O3. The van der Waals surface area contributed by atoms with Crippen molar-refractivity contribution in [3.63, 3.8) is 0 Å². The van der Waals surface area contributed by atoms with Crippen LogP contribution in [0.4, 0.5) is 0 Å². The van der Waals surface area contributed by atoms with Crippen molar-refractivity contribution in [2.45, 2.75) is 13.0 Å². The molecule has 1 aliphatic heterocycles.